The fraction of sp³-hybridized carbons (Fsp3) is 0.238. The van der Waals surface area contributed by atoms with Crippen LogP contribution in [-0.2, 0) is 6.18 Å². The number of alkyl halides is 3. The SMILES string of the molecule is O=C(NCC1=CCN(c2ccc(C(F)(F)F)cc2)CC1)c1ccc2[nH]c(=O)oc2c1. The highest BCUT2D eigenvalue weighted by atomic mass is 19.4. The molecule has 3 aromatic rings. The Morgan fingerprint density at radius 1 is 1.17 bits per heavy atom. The minimum Gasteiger partial charge on any atom is -0.408 e. The van der Waals surface area contributed by atoms with Crippen LogP contribution in [0.3, 0.4) is 0 Å². The molecule has 6 nitrogen and oxygen atoms in total. The van der Waals surface area contributed by atoms with Crippen molar-refractivity contribution in [2.75, 3.05) is 24.5 Å². The summed E-state index contributed by atoms with van der Waals surface area (Å²) < 4.78 is 43.0. The number of hydrogen-bond acceptors (Lipinski definition) is 4. The van der Waals surface area contributed by atoms with Crippen LogP contribution >= 0.6 is 0 Å². The van der Waals surface area contributed by atoms with Crippen molar-refractivity contribution in [1.82, 2.24) is 10.3 Å². The second-order valence-electron chi connectivity index (χ2n) is 7.01. The number of nitrogens with zero attached hydrogens (tertiary/aromatic N) is 1. The molecule has 1 aromatic heterocycles. The van der Waals surface area contributed by atoms with Gasteiger partial charge in [0.15, 0.2) is 5.58 Å². The fourth-order valence-corrected chi connectivity index (χ4v) is 3.35. The Morgan fingerprint density at radius 2 is 1.93 bits per heavy atom. The summed E-state index contributed by atoms with van der Waals surface area (Å²) in [5.74, 6) is -0.862. The number of rotatable bonds is 4. The fourth-order valence-electron chi connectivity index (χ4n) is 3.35. The van der Waals surface area contributed by atoms with E-state index in [9.17, 15) is 22.8 Å². The zero-order chi connectivity index (χ0) is 21.3. The summed E-state index contributed by atoms with van der Waals surface area (Å²) in [6, 6.07) is 9.82. The number of halogens is 3. The molecule has 0 radical (unpaired) electrons. The molecule has 2 heterocycles. The molecule has 1 amide bonds. The van der Waals surface area contributed by atoms with Crippen LogP contribution in [0.5, 0.6) is 0 Å². The number of fused-ring (bicyclic) bond motifs is 1. The van der Waals surface area contributed by atoms with Crippen molar-refractivity contribution in [2.45, 2.75) is 12.6 Å². The molecule has 0 bridgehead atoms. The normalized spacial score (nSPS) is 14.6. The first kappa shape index (κ1) is 19.8. The maximum absolute atomic E-state index is 12.7. The molecule has 0 fully saturated rings. The van der Waals surface area contributed by atoms with E-state index in [1.165, 1.54) is 18.2 Å². The average molecular weight is 417 g/mol. The summed E-state index contributed by atoms with van der Waals surface area (Å²) in [6.45, 7) is 1.57. The quantitative estimate of drug-likeness (QED) is 0.635. The van der Waals surface area contributed by atoms with Crippen LogP contribution in [0.4, 0.5) is 18.9 Å². The van der Waals surface area contributed by atoms with Crippen molar-refractivity contribution in [3.05, 3.63) is 75.8 Å². The van der Waals surface area contributed by atoms with Gasteiger partial charge < -0.3 is 14.6 Å². The Kier molecular flexibility index (Phi) is 5.11. The van der Waals surface area contributed by atoms with Crippen LogP contribution < -0.4 is 16.0 Å². The van der Waals surface area contributed by atoms with Gasteiger partial charge in [-0.05, 0) is 48.9 Å². The molecule has 9 heteroatoms. The van der Waals surface area contributed by atoms with Crippen molar-refractivity contribution < 1.29 is 22.4 Å². The molecule has 0 saturated carbocycles. The molecule has 156 valence electrons. The third kappa shape index (κ3) is 4.24. The van der Waals surface area contributed by atoms with Crippen molar-refractivity contribution in [1.29, 1.82) is 0 Å². The summed E-state index contributed by atoms with van der Waals surface area (Å²) in [5.41, 5.74) is 2.32. The molecule has 1 aliphatic rings. The molecule has 0 atom stereocenters. The van der Waals surface area contributed by atoms with E-state index in [0.717, 1.165) is 23.4 Å². The highest BCUT2D eigenvalue weighted by molar-refractivity contribution is 5.97. The zero-order valence-corrected chi connectivity index (χ0v) is 15.8. The van der Waals surface area contributed by atoms with Crippen molar-refractivity contribution in [2.24, 2.45) is 0 Å². The summed E-state index contributed by atoms with van der Waals surface area (Å²) in [5, 5.41) is 2.84. The number of aromatic amines is 1. The molecule has 2 aromatic carbocycles. The molecular weight excluding hydrogens is 399 g/mol. The first-order valence-corrected chi connectivity index (χ1v) is 9.31. The standard InChI is InChI=1S/C21H18F3N3O3/c22-21(23,24)15-2-4-16(5-3-15)27-9-7-13(8-10-27)12-25-19(28)14-1-6-17-18(11-14)30-20(29)26-17/h1-7,11H,8-10,12H2,(H,25,28)(H,26,29). The van der Waals surface area contributed by atoms with Gasteiger partial charge in [0, 0.05) is 30.9 Å². The number of hydrogen-bond donors (Lipinski definition) is 2. The highest BCUT2D eigenvalue weighted by Gasteiger charge is 2.30. The maximum Gasteiger partial charge on any atom is 0.417 e. The van der Waals surface area contributed by atoms with Crippen LogP contribution in [0.2, 0.25) is 0 Å². The molecule has 4 rings (SSSR count). The molecule has 0 spiro atoms. The largest absolute Gasteiger partial charge is 0.417 e. The average Bonchev–Trinajstić information content (AvgIpc) is 3.11. The smallest absolute Gasteiger partial charge is 0.408 e. The lowest BCUT2D eigenvalue weighted by Gasteiger charge is -2.28. The Labute approximate surface area is 169 Å². The van der Waals surface area contributed by atoms with Gasteiger partial charge in [-0.1, -0.05) is 11.6 Å². The van der Waals surface area contributed by atoms with Gasteiger partial charge in [-0.2, -0.15) is 13.2 Å². The second kappa shape index (κ2) is 7.74. The summed E-state index contributed by atoms with van der Waals surface area (Å²) in [7, 11) is 0. The van der Waals surface area contributed by atoms with Crippen LogP contribution in [0.1, 0.15) is 22.3 Å². The monoisotopic (exact) mass is 417 g/mol. The van der Waals surface area contributed by atoms with E-state index in [0.29, 0.717) is 42.7 Å². The van der Waals surface area contributed by atoms with E-state index in [-0.39, 0.29) is 5.91 Å². The van der Waals surface area contributed by atoms with Gasteiger partial charge in [0.2, 0.25) is 0 Å². The second-order valence-corrected chi connectivity index (χ2v) is 7.01. The lowest BCUT2D eigenvalue weighted by Crippen LogP contribution is -2.32. The number of carbonyl (C=O) groups excluding carboxylic acids is 1. The van der Waals surface area contributed by atoms with E-state index >= 15 is 0 Å². The van der Waals surface area contributed by atoms with Crippen LogP contribution in [0, 0.1) is 0 Å². The predicted octanol–water partition coefficient (Wildman–Crippen LogP) is 3.71. The number of nitrogens with one attached hydrogen (secondary N) is 2. The molecule has 0 saturated heterocycles. The van der Waals surface area contributed by atoms with Gasteiger partial charge >= 0.3 is 11.9 Å². The number of amides is 1. The first-order valence-electron chi connectivity index (χ1n) is 9.31. The van der Waals surface area contributed by atoms with Crippen molar-refractivity contribution >= 4 is 22.7 Å². The number of anilines is 1. The Bertz CT molecular complexity index is 1160. The molecule has 1 aliphatic heterocycles. The van der Waals surface area contributed by atoms with Crippen LogP contribution in [-0.4, -0.2) is 30.5 Å². The maximum atomic E-state index is 12.7. The van der Waals surface area contributed by atoms with E-state index in [2.05, 4.69) is 10.3 Å². The lowest BCUT2D eigenvalue weighted by molar-refractivity contribution is -0.137. The lowest BCUT2D eigenvalue weighted by atomic mass is 10.1. The van der Waals surface area contributed by atoms with E-state index < -0.39 is 17.5 Å². The molecule has 0 aliphatic carbocycles. The van der Waals surface area contributed by atoms with E-state index in [1.807, 2.05) is 11.0 Å². The molecule has 30 heavy (non-hydrogen) atoms. The number of oxazole rings is 1. The van der Waals surface area contributed by atoms with Gasteiger partial charge in [-0.15, -0.1) is 0 Å². The number of aromatic nitrogens is 1. The minimum atomic E-state index is -4.34. The molecule has 0 unspecified atom stereocenters. The van der Waals surface area contributed by atoms with Gasteiger partial charge in [-0.25, -0.2) is 4.79 Å². The van der Waals surface area contributed by atoms with Crippen LogP contribution in [0.15, 0.2) is 63.3 Å². The molecule has 2 N–H and O–H groups in total. The van der Waals surface area contributed by atoms with Gasteiger partial charge in [0.05, 0.1) is 11.1 Å². The third-order valence-corrected chi connectivity index (χ3v) is 5.02. The third-order valence-electron chi connectivity index (χ3n) is 5.02. The summed E-state index contributed by atoms with van der Waals surface area (Å²) in [4.78, 5) is 28.1. The van der Waals surface area contributed by atoms with E-state index in [4.69, 9.17) is 4.42 Å². The van der Waals surface area contributed by atoms with Crippen LogP contribution in [0.25, 0.3) is 11.1 Å². The summed E-state index contributed by atoms with van der Waals surface area (Å²) in [6.07, 6.45) is -1.69. The Balaban J connectivity index is 1.34. The zero-order valence-electron chi connectivity index (χ0n) is 15.8. The first-order chi connectivity index (χ1) is 14.3. The Morgan fingerprint density at radius 3 is 2.60 bits per heavy atom. The van der Waals surface area contributed by atoms with Crippen molar-refractivity contribution in [3.63, 3.8) is 0 Å². The van der Waals surface area contributed by atoms with Gasteiger partial charge in [-0.3, -0.25) is 9.78 Å². The van der Waals surface area contributed by atoms with Gasteiger partial charge in [0.1, 0.15) is 0 Å². The van der Waals surface area contributed by atoms with Gasteiger partial charge in [0.25, 0.3) is 5.91 Å². The number of carbonyl (C=O) groups is 1. The number of benzene rings is 2. The highest BCUT2D eigenvalue weighted by Crippen LogP contribution is 2.31. The van der Waals surface area contributed by atoms with Crippen molar-refractivity contribution in [3.8, 4) is 0 Å². The minimum absolute atomic E-state index is 0.285. The predicted molar refractivity (Wildman–Crippen MR) is 106 cm³/mol. The molecular formula is C21H18F3N3O3. The van der Waals surface area contributed by atoms with E-state index in [1.54, 1.807) is 12.1 Å². The summed E-state index contributed by atoms with van der Waals surface area (Å²) >= 11 is 0. The Hall–Kier alpha value is -3.49. The topological polar surface area (TPSA) is 78.3 Å². The number of H-pyrrole nitrogens is 1.